The van der Waals surface area contributed by atoms with Crippen molar-refractivity contribution in [2.24, 2.45) is 0 Å². The average Bonchev–Trinajstić information content (AvgIpc) is 2.42. The standard InChI is InChI=1S/C17H21N/c1-15(13-16-9-5-3-6-10-16)18(2)14-17-11-7-4-8-12-17/h3-12,15H,13-14H2,1-2H3/t15-/m1/s1/i3D. The van der Waals surface area contributed by atoms with Gasteiger partial charge in [0.05, 0.1) is 1.37 Å². The predicted molar refractivity (Wildman–Crippen MR) is 77.5 cm³/mol. The summed E-state index contributed by atoms with van der Waals surface area (Å²) in [4.78, 5) is 2.37. The summed E-state index contributed by atoms with van der Waals surface area (Å²) in [5.74, 6) is 0. The highest BCUT2D eigenvalue weighted by Crippen LogP contribution is 2.10. The van der Waals surface area contributed by atoms with Crippen LogP contribution in [-0.2, 0) is 13.0 Å². The molecule has 1 nitrogen and oxygen atoms in total. The largest absolute Gasteiger partial charge is 0.299 e. The smallest absolute Gasteiger partial charge is 0.0623 e. The van der Waals surface area contributed by atoms with E-state index in [0.29, 0.717) is 12.1 Å². The first-order valence-electron chi connectivity index (χ1n) is 6.95. The number of rotatable bonds is 5. The van der Waals surface area contributed by atoms with Gasteiger partial charge in [0.15, 0.2) is 0 Å². The first-order valence-corrected chi connectivity index (χ1v) is 6.45. The minimum atomic E-state index is 0.483. The summed E-state index contributed by atoms with van der Waals surface area (Å²) in [5.41, 5.74) is 2.64. The minimum absolute atomic E-state index is 0.483. The second-order valence-electron chi connectivity index (χ2n) is 4.86. The van der Waals surface area contributed by atoms with Crippen LogP contribution >= 0.6 is 0 Å². The highest BCUT2D eigenvalue weighted by Gasteiger charge is 2.09. The van der Waals surface area contributed by atoms with Crippen LogP contribution in [-0.4, -0.2) is 18.0 Å². The minimum Gasteiger partial charge on any atom is -0.299 e. The van der Waals surface area contributed by atoms with Crippen molar-refractivity contribution < 1.29 is 1.37 Å². The molecule has 0 aliphatic heterocycles. The zero-order valence-corrected chi connectivity index (χ0v) is 11.1. The monoisotopic (exact) mass is 240 g/mol. The highest BCUT2D eigenvalue weighted by atomic mass is 15.1. The SMILES string of the molecule is [2H]c1ccc(C[C@@H](C)N(C)Cc2ccccc2)cc1. The van der Waals surface area contributed by atoms with Gasteiger partial charge in [-0.15, -0.1) is 0 Å². The molecule has 2 aromatic carbocycles. The average molecular weight is 240 g/mol. The van der Waals surface area contributed by atoms with E-state index in [1.807, 2.05) is 12.1 Å². The second kappa shape index (κ2) is 6.36. The topological polar surface area (TPSA) is 3.24 Å². The van der Waals surface area contributed by atoms with E-state index in [-0.39, 0.29) is 0 Å². The number of hydrogen-bond donors (Lipinski definition) is 0. The van der Waals surface area contributed by atoms with E-state index < -0.39 is 0 Å². The van der Waals surface area contributed by atoms with Gasteiger partial charge in [0.1, 0.15) is 0 Å². The van der Waals surface area contributed by atoms with Crippen molar-refractivity contribution in [2.45, 2.75) is 25.9 Å². The zero-order chi connectivity index (χ0) is 13.7. The van der Waals surface area contributed by atoms with Gasteiger partial charge in [0.25, 0.3) is 0 Å². The fourth-order valence-corrected chi connectivity index (χ4v) is 2.08. The Bertz CT molecular complexity index is 492. The summed E-state index contributed by atoms with van der Waals surface area (Å²) >= 11 is 0. The Hall–Kier alpha value is -1.60. The molecule has 0 aliphatic rings. The van der Waals surface area contributed by atoms with Crippen LogP contribution in [0, 0.1) is 0 Å². The van der Waals surface area contributed by atoms with Crippen molar-refractivity contribution in [3.8, 4) is 0 Å². The highest BCUT2D eigenvalue weighted by molar-refractivity contribution is 5.17. The molecule has 0 amide bonds. The van der Waals surface area contributed by atoms with Crippen LogP contribution in [0.15, 0.2) is 60.6 Å². The zero-order valence-electron chi connectivity index (χ0n) is 12.1. The lowest BCUT2D eigenvalue weighted by molar-refractivity contribution is 0.248. The van der Waals surface area contributed by atoms with E-state index in [1.165, 1.54) is 11.1 Å². The Labute approximate surface area is 111 Å². The summed E-state index contributed by atoms with van der Waals surface area (Å²) in [6.45, 7) is 3.22. The number of benzene rings is 2. The number of likely N-dealkylation sites (N-methyl/N-ethyl adjacent to an activating group) is 1. The molecule has 0 bridgehead atoms. The second-order valence-corrected chi connectivity index (χ2v) is 4.86. The van der Waals surface area contributed by atoms with Crippen molar-refractivity contribution in [1.82, 2.24) is 4.90 Å². The third-order valence-corrected chi connectivity index (χ3v) is 3.35. The van der Waals surface area contributed by atoms with Gasteiger partial charge in [-0.2, -0.15) is 0 Å². The van der Waals surface area contributed by atoms with Gasteiger partial charge in [-0.3, -0.25) is 4.90 Å². The molecular formula is C17H21N. The summed E-state index contributed by atoms with van der Waals surface area (Å²) in [6, 6.07) is 19.4. The summed E-state index contributed by atoms with van der Waals surface area (Å²) in [7, 11) is 2.16. The molecule has 18 heavy (non-hydrogen) atoms. The van der Waals surface area contributed by atoms with Gasteiger partial charge in [-0.1, -0.05) is 60.6 Å². The van der Waals surface area contributed by atoms with E-state index >= 15 is 0 Å². The molecule has 0 saturated heterocycles. The van der Waals surface area contributed by atoms with Crippen molar-refractivity contribution in [3.05, 3.63) is 71.8 Å². The van der Waals surface area contributed by atoms with Crippen molar-refractivity contribution >= 4 is 0 Å². The maximum Gasteiger partial charge on any atom is 0.0623 e. The van der Waals surface area contributed by atoms with Crippen LogP contribution in [0.3, 0.4) is 0 Å². The molecule has 1 atom stereocenters. The fraction of sp³-hybridized carbons (Fsp3) is 0.294. The van der Waals surface area contributed by atoms with Crippen LogP contribution in [0.4, 0.5) is 0 Å². The molecule has 2 rings (SSSR count). The lowest BCUT2D eigenvalue weighted by atomic mass is 10.1. The number of nitrogens with zero attached hydrogens (tertiary/aromatic N) is 1. The summed E-state index contributed by atoms with van der Waals surface area (Å²) in [6.07, 6.45) is 1.02. The van der Waals surface area contributed by atoms with Crippen LogP contribution in [0.5, 0.6) is 0 Å². The molecule has 0 aliphatic carbocycles. The fourth-order valence-electron chi connectivity index (χ4n) is 2.08. The van der Waals surface area contributed by atoms with Crippen molar-refractivity contribution in [3.63, 3.8) is 0 Å². The van der Waals surface area contributed by atoms with Gasteiger partial charge >= 0.3 is 0 Å². The van der Waals surface area contributed by atoms with Gasteiger partial charge in [-0.05, 0) is 31.5 Å². The Morgan fingerprint density at radius 1 is 1.00 bits per heavy atom. The maximum atomic E-state index is 7.50. The molecule has 0 spiro atoms. The lowest BCUT2D eigenvalue weighted by Crippen LogP contribution is -2.30. The lowest BCUT2D eigenvalue weighted by Gasteiger charge is -2.24. The Kier molecular flexibility index (Phi) is 4.06. The maximum absolute atomic E-state index is 7.50. The molecule has 0 aromatic heterocycles. The molecule has 0 unspecified atom stereocenters. The van der Waals surface area contributed by atoms with E-state index in [0.717, 1.165) is 13.0 Å². The molecule has 0 radical (unpaired) electrons. The first-order chi connectivity index (χ1) is 9.15. The van der Waals surface area contributed by atoms with Crippen LogP contribution in [0.2, 0.25) is 0 Å². The van der Waals surface area contributed by atoms with Crippen molar-refractivity contribution in [2.75, 3.05) is 7.05 Å². The van der Waals surface area contributed by atoms with Gasteiger partial charge in [0.2, 0.25) is 0 Å². The Morgan fingerprint density at radius 3 is 2.28 bits per heavy atom. The number of hydrogen-bond acceptors (Lipinski definition) is 1. The Morgan fingerprint density at radius 2 is 1.61 bits per heavy atom. The normalized spacial score (nSPS) is 13.4. The van der Waals surface area contributed by atoms with E-state index in [2.05, 4.69) is 61.3 Å². The van der Waals surface area contributed by atoms with Crippen LogP contribution < -0.4 is 0 Å². The van der Waals surface area contributed by atoms with Gasteiger partial charge in [0, 0.05) is 12.6 Å². The van der Waals surface area contributed by atoms with E-state index in [1.54, 1.807) is 0 Å². The van der Waals surface area contributed by atoms with Gasteiger partial charge < -0.3 is 0 Å². The summed E-state index contributed by atoms with van der Waals surface area (Å²) < 4.78 is 7.50. The molecule has 1 heteroatoms. The van der Waals surface area contributed by atoms with E-state index in [9.17, 15) is 0 Å². The van der Waals surface area contributed by atoms with Gasteiger partial charge in [-0.25, -0.2) is 0 Å². The third-order valence-electron chi connectivity index (χ3n) is 3.35. The molecule has 94 valence electrons. The quantitative estimate of drug-likeness (QED) is 0.769. The van der Waals surface area contributed by atoms with Crippen LogP contribution in [0.1, 0.15) is 19.4 Å². The molecule has 0 heterocycles. The molecular weight excluding hydrogens is 218 g/mol. The van der Waals surface area contributed by atoms with Crippen LogP contribution in [0.25, 0.3) is 0 Å². The predicted octanol–water partition coefficient (Wildman–Crippen LogP) is 3.75. The third kappa shape index (κ3) is 3.71. The van der Waals surface area contributed by atoms with E-state index in [4.69, 9.17) is 1.37 Å². The Balaban J connectivity index is 1.92. The molecule has 0 N–H and O–H groups in total. The first kappa shape index (κ1) is 11.5. The molecule has 2 aromatic rings. The molecule has 0 saturated carbocycles. The summed E-state index contributed by atoms with van der Waals surface area (Å²) in [5, 5.41) is 0. The molecule has 0 fully saturated rings. The van der Waals surface area contributed by atoms with Crippen molar-refractivity contribution in [1.29, 1.82) is 0 Å².